The number of carbonyl (C=O) groups is 5. The van der Waals surface area contributed by atoms with Crippen molar-refractivity contribution in [2.75, 3.05) is 43.4 Å². The normalized spacial score (nSPS) is 18.3. The first-order valence-corrected chi connectivity index (χ1v) is 25.7. The Morgan fingerprint density at radius 2 is 1.72 bits per heavy atom. The van der Waals surface area contributed by atoms with Crippen LogP contribution in [0, 0.1) is 13.8 Å². The molecule has 3 atom stereocenters. The van der Waals surface area contributed by atoms with E-state index in [9.17, 15) is 40.8 Å². The summed E-state index contributed by atoms with van der Waals surface area (Å²) < 4.78 is 61.6. The monoisotopic (exact) mass is 957 g/mol. The van der Waals surface area contributed by atoms with E-state index in [0.717, 1.165) is 19.6 Å². The van der Waals surface area contributed by atoms with Gasteiger partial charge in [-0.15, -0.1) is 11.3 Å². The molecule has 1 aromatic carbocycles. The number of Topliss-reactive ketones (excluding diaryl/α,β-unsaturated/α-hetero) is 2. The van der Waals surface area contributed by atoms with Crippen molar-refractivity contribution >= 4 is 83.5 Å². The van der Waals surface area contributed by atoms with Gasteiger partial charge >= 0.3 is 0 Å². The molecular weight excluding hydrogens is 895 g/mol. The van der Waals surface area contributed by atoms with Crippen LogP contribution in [0.5, 0.6) is 0 Å². The number of nitrogens with one attached hydrogen (secondary N) is 6. The number of thiophene rings is 1. The summed E-state index contributed by atoms with van der Waals surface area (Å²) in [5, 5.41) is 11.1. The molecule has 0 fully saturated rings. The Morgan fingerprint density at radius 1 is 1.05 bits per heavy atom. The second-order valence-corrected chi connectivity index (χ2v) is 23.1. The summed E-state index contributed by atoms with van der Waals surface area (Å²) in [5.74, 6) is -2.21. The van der Waals surface area contributed by atoms with Crippen LogP contribution in [-0.2, 0) is 43.8 Å². The van der Waals surface area contributed by atoms with Gasteiger partial charge in [-0.2, -0.15) is 4.72 Å². The van der Waals surface area contributed by atoms with Gasteiger partial charge in [0.2, 0.25) is 5.91 Å². The molecule has 2 aliphatic heterocycles. The molecule has 6 N–H and O–H groups in total. The lowest BCUT2D eigenvalue weighted by Crippen LogP contribution is -2.54. The first kappa shape index (κ1) is 51.4. The summed E-state index contributed by atoms with van der Waals surface area (Å²) in [4.78, 5) is 72.0. The number of hydrogen-bond acceptors (Lipinski definition) is 13. The van der Waals surface area contributed by atoms with E-state index >= 15 is 0 Å². The minimum Gasteiger partial charge on any atom is -0.358 e. The average Bonchev–Trinajstić information content (AvgIpc) is 3.90. The number of aromatic amines is 1. The molecule has 5 rings (SSSR count). The molecule has 0 radical (unpaired) electrons. The molecule has 20 heteroatoms. The number of aromatic nitrogens is 1. The number of aryl methyl sites for hydroxylation is 1. The molecule has 2 aliphatic rings. The Labute approximate surface area is 386 Å². The van der Waals surface area contributed by atoms with Crippen LogP contribution >= 0.6 is 11.3 Å². The Morgan fingerprint density at radius 3 is 2.37 bits per heavy atom. The summed E-state index contributed by atoms with van der Waals surface area (Å²) in [5.41, 5.74) is 1.33. The third kappa shape index (κ3) is 11.3. The molecule has 65 heavy (non-hydrogen) atoms. The Balaban J connectivity index is 1.19. The van der Waals surface area contributed by atoms with Crippen LogP contribution in [0.4, 0.5) is 11.4 Å². The van der Waals surface area contributed by atoms with Crippen molar-refractivity contribution in [3.63, 3.8) is 0 Å². The molecule has 0 unspecified atom stereocenters. The van der Waals surface area contributed by atoms with Crippen LogP contribution in [0.3, 0.4) is 0 Å². The number of benzene rings is 1. The lowest BCUT2D eigenvalue weighted by Gasteiger charge is -2.32. The molecule has 0 aliphatic carbocycles. The molecule has 3 amide bonds. The Kier molecular flexibility index (Phi) is 15.9. The lowest BCUT2D eigenvalue weighted by molar-refractivity contribution is -0.156. The van der Waals surface area contributed by atoms with Crippen LogP contribution in [0.25, 0.3) is 11.6 Å². The van der Waals surface area contributed by atoms with E-state index in [1.807, 2.05) is 13.8 Å². The average molecular weight is 958 g/mol. The predicted octanol–water partition coefficient (Wildman–Crippen LogP) is 5.27. The zero-order valence-corrected chi connectivity index (χ0v) is 41.5. The molecule has 0 spiro atoms. The Bertz CT molecular complexity index is 2610. The summed E-state index contributed by atoms with van der Waals surface area (Å²) in [6.45, 7) is 21.8. The topological polar surface area (TPSA) is 242 Å². The highest BCUT2D eigenvalue weighted by atomic mass is 32.3. The van der Waals surface area contributed by atoms with E-state index in [1.54, 1.807) is 38.1 Å². The van der Waals surface area contributed by atoms with Crippen molar-refractivity contribution < 1.29 is 45.5 Å². The first-order chi connectivity index (χ1) is 30.3. The number of hydrogen-bond donors (Lipinski definition) is 6. The smallest absolute Gasteiger partial charge is 0.256 e. The molecular formula is C45H63N7O10S3. The number of likely N-dealkylation sites (N-methyl/N-ethyl adjacent to an activating group) is 1. The van der Waals surface area contributed by atoms with Crippen molar-refractivity contribution in [3.05, 3.63) is 57.9 Å². The third-order valence-electron chi connectivity index (χ3n) is 11.9. The molecule has 2 aromatic heterocycles. The van der Waals surface area contributed by atoms with Crippen LogP contribution in [0.1, 0.15) is 126 Å². The zero-order chi connectivity index (χ0) is 48.4. The number of amides is 3. The van der Waals surface area contributed by atoms with Gasteiger partial charge in [-0.3, -0.25) is 24.0 Å². The highest BCUT2D eigenvalue weighted by Gasteiger charge is 2.43. The minimum absolute atomic E-state index is 0.0159. The molecule has 356 valence electrons. The fourth-order valence-electron chi connectivity index (χ4n) is 8.20. The molecule has 4 heterocycles. The van der Waals surface area contributed by atoms with E-state index in [2.05, 4.69) is 49.7 Å². The number of nitrogens with zero attached hydrogens (tertiary/aromatic N) is 1. The maximum atomic E-state index is 13.7. The summed E-state index contributed by atoms with van der Waals surface area (Å²) in [7, 11) is -8.14. The second-order valence-electron chi connectivity index (χ2n) is 17.6. The largest absolute Gasteiger partial charge is 0.358 e. The fraction of sp³-hybridized carbons (Fsp3) is 0.533. The molecule has 0 saturated carbocycles. The number of ether oxygens (including phenoxy) is 1. The number of carbonyl (C=O) groups excluding carboxylic acids is 5. The number of rotatable bonds is 21. The highest BCUT2D eigenvalue weighted by molar-refractivity contribution is 7.95. The van der Waals surface area contributed by atoms with Crippen LogP contribution < -0.4 is 26.0 Å². The zero-order valence-electron chi connectivity index (χ0n) is 39.0. The summed E-state index contributed by atoms with van der Waals surface area (Å²) in [6.07, 6.45) is 0.213. The van der Waals surface area contributed by atoms with Gasteiger partial charge in [0.15, 0.2) is 21.4 Å². The highest BCUT2D eigenvalue weighted by Crippen LogP contribution is 2.43. The SMILES string of the molecule is CCN[C@H]1C[C@H](C)S(=O)(=O)c2sc(S(=O)(=O)NC(C)(C)C(=O)[C@H](C)OC(C)(C)C(=O)CCC(=O)Nc3ccc4c(c3)/C(=C/c3[nH]c(C)c(C(=O)NCCN(CC)CC)c3C)C(=O)N4)cc21. The minimum atomic E-state index is -4.39. The van der Waals surface area contributed by atoms with Gasteiger partial charge < -0.3 is 35.9 Å². The fourth-order valence-corrected chi connectivity index (χ4v) is 13.6. The van der Waals surface area contributed by atoms with Gasteiger partial charge in [-0.25, -0.2) is 16.8 Å². The predicted molar refractivity (Wildman–Crippen MR) is 252 cm³/mol. The van der Waals surface area contributed by atoms with Crippen molar-refractivity contribution in [2.45, 2.75) is 132 Å². The number of H-pyrrole nitrogens is 1. The van der Waals surface area contributed by atoms with Gasteiger partial charge in [-0.05, 0) is 117 Å². The van der Waals surface area contributed by atoms with E-state index in [-0.39, 0.29) is 45.5 Å². The van der Waals surface area contributed by atoms with Gasteiger partial charge in [0.1, 0.15) is 20.1 Å². The Hall–Kier alpha value is -4.57. The van der Waals surface area contributed by atoms with E-state index in [4.69, 9.17) is 4.74 Å². The maximum Gasteiger partial charge on any atom is 0.256 e. The van der Waals surface area contributed by atoms with Gasteiger partial charge in [0.05, 0.1) is 21.9 Å². The van der Waals surface area contributed by atoms with E-state index in [1.165, 1.54) is 40.7 Å². The maximum absolute atomic E-state index is 13.7. The van der Waals surface area contributed by atoms with E-state index < -0.39 is 59.8 Å². The quantitative estimate of drug-likeness (QED) is 0.0749. The molecule has 0 bridgehead atoms. The second kappa shape index (κ2) is 20.1. The molecule has 17 nitrogen and oxygen atoms in total. The van der Waals surface area contributed by atoms with Crippen molar-refractivity contribution in [2.24, 2.45) is 0 Å². The van der Waals surface area contributed by atoms with Crippen molar-refractivity contribution in [3.8, 4) is 0 Å². The molecule has 3 aromatic rings. The van der Waals surface area contributed by atoms with Gasteiger partial charge in [0.25, 0.3) is 21.8 Å². The standard InChI is InChI=1S/C45H63N7O10S3/c1-12-46-35-21-25(4)64(58,59)43-32(35)24-38(63-43)65(60,61)51-44(8,9)40(55)28(7)62-45(10,11)36(53)17-18-37(54)49-29-15-16-33-30(22-29)31(41(56)50-33)23-34-26(5)39(27(6)48-34)42(57)47-19-20-52(13-2)14-3/h15-16,22-25,28,35,46,48,51H,12-14,17-21H2,1-11H3,(H,47,57)(H,49,54)(H,50,56)/b31-23-/t25-,28-,35-/m0/s1. The number of fused-ring (bicyclic) bond motifs is 2. The van der Waals surface area contributed by atoms with Gasteiger partial charge in [-0.1, -0.05) is 20.8 Å². The third-order valence-corrected chi connectivity index (χ3v) is 18.0. The van der Waals surface area contributed by atoms with Crippen LogP contribution in [-0.4, -0.2) is 111 Å². The number of anilines is 2. The number of sulfone groups is 1. The van der Waals surface area contributed by atoms with Crippen LogP contribution in [0.15, 0.2) is 32.7 Å². The lowest BCUT2D eigenvalue weighted by atomic mass is 9.94. The van der Waals surface area contributed by atoms with Crippen LogP contribution in [0.2, 0.25) is 0 Å². The molecule has 0 saturated heterocycles. The summed E-state index contributed by atoms with van der Waals surface area (Å²) >= 11 is 0.646. The number of sulfonamides is 1. The van der Waals surface area contributed by atoms with E-state index in [0.29, 0.717) is 75.0 Å². The van der Waals surface area contributed by atoms with Crippen molar-refractivity contribution in [1.29, 1.82) is 0 Å². The number of ketones is 2. The van der Waals surface area contributed by atoms with Gasteiger partial charge in [0, 0.05) is 65.9 Å². The summed E-state index contributed by atoms with van der Waals surface area (Å²) in [6, 6.07) is 5.92. The first-order valence-electron chi connectivity index (χ1n) is 21.8. The van der Waals surface area contributed by atoms with Crippen molar-refractivity contribution in [1.82, 2.24) is 25.2 Å².